The van der Waals surface area contributed by atoms with Crippen LogP contribution in [0.3, 0.4) is 0 Å². The molecule has 0 aromatic heterocycles. The van der Waals surface area contributed by atoms with E-state index in [9.17, 15) is 0 Å². The molecule has 0 aromatic carbocycles. The third-order valence-corrected chi connectivity index (χ3v) is 6.31. The highest BCUT2D eigenvalue weighted by atomic mass is 32.4. The van der Waals surface area contributed by atoms with E-state index in [0.29, 0.717) is 5.25 Å². The van der Waals surface area contributed by atoms with Gasteiger partial charge in [-0.25, -0.2) is 0 Å². The summed E-state index contributed by atoms with van der Waals surface area (Å²) >= 11 is 2.15. The minimum atomic E-state index is -0.984. The van der Waals surface area contributed by atoms with E-state index in [0.717, 1.165) is 6.54 Å². The minimum absolute atomic E-state index is 0.651. The number of hydrogen-bond acceptors (Lipinski definition) is 2. The highest BCUT2D eigenvalue weighted by molar-refractivity contribution is 8.29. The number of aliphatic imine (C=N–C) groups is 1. The Labute approximate surface area is 94.4 Å². The average Bonchev–Trinajstić information content (AvgIpc) is 2.08. The molecule has 0 aromatic rings. The van der Waals surface area contributed by atoms with Crippen molar-refractivity contribution in [3.8, 4) is 0 Å². The van der Waals surface area contributed by atoms with Gasteiger partial charge in [0.15, 0.2) is 0 Å². The lowest BCUT2D eigenvalue weighted by atomic mass is 10.3. The van der Waals surface area contributed by atoms with Crippen molar-refractivity contribution in [2.45, 2.75) is 58.0 Å². The summed E-state index contributed by atoms with van der Waals surface area (Å²) in [5.74, 6) is 0. The van der Waals surface area contributed by atoms with Gasteiger partial charge in [-0.3, -0.25) is 4.99 Å². The van der Waals surface area contributed by atoms with Crippen LogP contribution in [-0.2, 0) is 0 Å². The first kappa shape index (κ1) is 14.2. The molecule has 1 unspecified atom stereocenters. The molecule has 0 aliphatic heterocycles. The predicted molar refractivity (Wildman–Crippen MR) is 73.3 cm³/mol. The van der Waals surface area contributed by atoms with Crippen LogP contribution in [-0.4, -0.2) is 25.2 Å². The van der Waals surface area contributed by atoms with Crippen molar-refractivity contribution in [3.63, 3.8) is 0 Å². The van der Waals surface area contributed by atoms with Crippen molar-refractivity contribution >= 4 is 24.6 Å². The highest BCUT2D eigenvalue weighted by Crippen LogP contribution is 2.25. The third kappa shape index (κ3) is 8.82. The summed E-state index contributed by atoms with van der Waals surface area (Å²) in [6.07, 6.45) is 5.86. The van der Waals surface area contributed by atoms with Crippen LogP contribution in [0.15, 0.2) is 4.99 Å². The summed E-state index contributed by atoms with van der Waals surface area (Å²) in [6.45, 7) is 12.7. The summed E-state index contributed by atoms with van der Waals surface area (Å²) in [6, 6.07) is 0. The monoisotopic (exact) mass is 231 g/mol. The van der Waals surface area contributed by atoms with Gasteiger partial charge in [0.05, 0.1) is 0 Å². The van der Waals surface area contributed by atoms with Gasteiger partial charge in [-0.1, -0.05) is 39.9 Å². The molecule has 0 fully saturated rings. The van der Waals surface area contributed by atoms with E-state index in [-0.39, 0.29) is 0 Å². The van der Waals surface area contributed by atoms with E-state index in [1.807, 2.05) is 0 Å². The molecule has 0 saturated carbocycles. The molecule has 0 bridgehead atoms. The zero-order valence-corrected chi connectivity index (χ0v) is 12.2. The van der Waals surface area contributed by atoms with Gasteiger partial charge in [0, 0.05) is 18.0 Å². The molecule has 14 heavy (non-hydrogen) atoms. The molecular weight excluding hydrogens is 206 g/mol. The van der Waals surface area contributed by atoms with Crippen molar-refractivity contribution in [3.05, 3.63) is 0 Å². The molecule has 1 atom stereocenters. The number of rotatable bonds is 7. The Hall–Kier alpha value is 0.237. The van der Waals surface area contributed by atoms with Crippen LogP contribution in [0, 0.1) is 0 Å². The maximum absolute atomic E-state index is 4.49. The van der Waals surface area contributed by atoms with Gasteiger partial charge in [0.25, 0.3) is 0 Å². The second-order valence-electron chi connectivity index (χ2n) is 4.59. The van der Waals surface area contributed by atoms with E-state index in [1.165, 1.54) is 19.3 Å². The number of hydrogen-bond donors (Lipinski definition) is 0. The molecule has 0 rings (SSSR count). The fourth-order valence-electron chi connectivity index (χ4n) is 1.11. The summed E-state index contributed by atoms with van der Waals surface area (Å²) in [7, 11) is -0.984. The first-order chi connectivity index (χ1) is 6.49. The minimum Gasteiger partial charge on any atom is -0.296 e. The molecular formula is C11H25NSSi. The fraction of sp³-hybridized carbons (Fsp3) is 0.909. The maximum atomic E-state index is 4.49. The van der Waals surface area contributed by atoms with E-state index < -0.39 is 7.22 Å². The first-order valence-corrected chi connectivity index (χ1v) is 10.8. The summed E-state index contributed by atoms with van der Waals surface area (Å²) in [5.41, 5.74) is 0. The third-order valence-electron chi connectivity index (χ3n) is 1.82. The number of nitrogens with zero attached hydrogens (tertiary/aromatic N) is 1. The Morgan fingerprint density at radius 2 is 1.93 bits per heavy atom. The van der Waals surface area contributed by atoms with Gasteiger partial charge in [0.1, 0.15) is 7.22 Å². The van der Waals surface area contributed by atoms with E-state index in [1.54, 1.807) is 0 Å². The van der Waals surface area contributed by atoms with Crippen LogP contribution < -0.4 is 0 Å². The molecule has 0 N–H and O–H groups in total. The van der Waals surface area contributed by atoms with Crippen LogP contribution in [0.2, 0.25) is 19.6 Å². The van der Waals surface area contributed by atoms with E-state index in [4.69, 9.17) is 0 Å². The molecule has 0 amide bonds. The van der Waals surface area contributed by atoms with Crippen LogP contribution >= 0.6 is 11.2 Å². The normalized spacial score (nSPS) is 14.9. The quantitative estimate of drug-likeness (QED) is 0.363. The standard InChI is InChI=1S/C11H25NSSi/c1-6-8-9-12-10-11(7-2)13-14(3,4)5/h10-11H,6-9H2,1-5H3/b12-10+. The Morgan fingerprint density at radius 1 is 1.29 bits per heavy atom. The summed E-state index contributed by atoms with van der Waals surface area (Å²) in [5, 5.41) is 0.651. The van der Waals surface area contributed by atoms with Crippen LogP contribution in [0.25, 0.3) is 0 Å². The Kier molecular flexibility index (Phi) is 7.65. The Morgan fingerprint density at radius 3 is 2.36 bits per heavy atom. The van der Waals surface area contributed by atoms with Gasteiger partial charge < -0.3 is 0 Å². The lowest BCUT2D eigenvalue weighted by Gasteiger charge is -2.20. The zero-order chi connectivity index (χ0) is 11.0. The SMILES string of the molecule is CCCC/N=C/C(CC)S[Si](C)(C)C. The molecule has 0 saturated heterocycles. The van der Waals surface area contributed by atoms with Crippen LogP contribution in [0.5, 0.6) is 0 Å². The molecule has 1 nitrogen and oxygen atoms in total. The van der Waals surface area contributed by atoms with Crippen LogP contribution in [0.1, 0.15) is 33.1 Å². The maximum Gasteiger partial charge on any atom is 0.109 e. The average molecular weight is 231 g/mol. The van der Waals surface area contributed by atoms with Gasteiger partial charge in [-0.05, 0) is 12.8 Å². The molecule has 0 spiro atoms. The summed E-state index contributed by atoms with van der Waals surface area (Å²) in [4.78, 5) is 4.49. The first-order valence-electron chi connectivity index (χ1n) is 5.67. The predicted octanol–water partition coefficient (Wildman–Crippen LogP) is 4.20. The van der Waals surface area contributed by atoms with Crippen molar-refractivity contribution in [1.29, 1.82) is 0 Å². The van der Waals surface area contributed by atoms with Gasteiger partial charge >= 0.3 is 0 Å². The highest BCUT2D eigenvalue weighted by Gasteiger charge is 2.18. The summed E-state index contributed by atoms with van der Waals surface area (Å²) < 4.78 is 0. The lowest BCUT2D eigenvalue weighted by molar-refractivity contribution is 0.807. The van der Waals surface area contributed by atoms with Gasteiger partial charge in [0.2, 0.25) is 0 Å². The van der Waals surface area contributed by atoms with Crippen molar-refractivity contribution in [2.24, 2.45) is 4.99 Å². The molecule has 0 aliphatic carbocycles. The number of unbranched alkanes of at least 4 members (excludes halogenated alkanes) is 1. The largest absolute Gasteiger partial charge is 0.296 e. The zero-order valence-electron chi connectivity index (χ0n) is 10.3. The molecule has 0 heterocycles. The van der Waals surface area contributed by atoms with Gasteiger partial charge in [-0.15, -0.1) is 0 Å². The van der Waals surface area contributed by atoms with E-state index in [2.05, 4.69) is 55.9 Å². The van der Waals surface area contributed by atoms with E-state index >= 15 is 0 Å². The topological polar surface area (TPSA) is 12.4 Å². The van der Waals surface area contributed by atoms with Crippen molar-refractivity contribution < 1.29 is 0 Å². The lowest BCUT2D eigenvalue weighted by Crippen LogP contribution is -2.21. The van der Waals surface area contributed by atoms with Crippen LogP contribution in [0.4, 0.5) is 0 Å². The van der Waals surface area contributed by atoms with Gasteiger partial charge in [-0.2, -0.15) is 11.2 Å². The van der Waals surface area contributed by atoms with Crippen molar-refractivity contribution in [2.75, 3.05) is 6.54 Å². The molecule has 84 valence electrons. The molecule has 0 aliphatic rings. The second-order valence-corrected chi connectivity index (χ2v) is 14.0. The molecule has 0 radical (unpaired) electrons. The second kappa shape index (κ2) is 7.52. The fourth-order valence-corrected chi connectivity index (χ4v) is 5.74. The Bertz CT molecular complexity index is 163. The smallest absolute Gasteiger partial charge is 0.109 e. The molecule has 3 heteroatoms. The Balaban J connectivity index is 3.84. The van der Waals surface area contributed by atoms with Crippen molar-refractivity contribution in [1.82, 2.24) is 0 Å².